The van der Waals surface area contributed by atoms with E-state index in [0.29, 0.717) is 19.5 Å². The number of likely N-dealkylation sites (N-methyl/N-ethyl adjacent to an activating group) is 1. The molecule has 0 aliphatic carbocycles. The molecule has 130 valence electrons. The quantitative estimate of drug-likeness (QED) is 0.442. The number of Topliss-reactive ketones (excluding diaryl/α,β-unsaturated/α-hetero) is 1. The molecule has 0 aliphatic heterocycles. The molecule has 0 saturated heterocycles. The molecular formula is C15H37N3O3. The number of hydrogen-bond donors (Lipinski definition) is 5. The first-order chi connectivity index (χ1) is 9.83. The minimum Gasteiger partial charge on any atom is -0.392 e. The lowest BCUT2D eigenvalue weighted by Gasteiger charge is -2.13. The van der Waals surface area contributed by atoms with Crippen LogP contribution in [0.25, 0.3) is 0 Å². The van der Waals surface area contributed by atoms with Crippen LogP contribution < -0.4 is 16.8 Å². The Labute approximate surface area is 130 Å². The molecule has 7 N–H and O–H groups in total. The zero-order valence-corrected chi connectivity index (χ0v) is 14.4. The fourth-order valence-electron chi connectivity index (χ4n) is 1.06. The topological polar surface area (TPSA) is 122 Å². The van der Waals surface area contributed by atoms with Gasteiger partial charge < -0.3 is 27.0 Å². The number of aliphatic hydroxyl groups is 2. The summed E-state index contributed by atoms with van der Waals surface area (Å²) in [7, 11) is 1.77. The van der Waals surface area contributed by atoms with Crippen LogP contribution in [0.4, 0.5) is 0 Å². The Morgan fingerprint density at radius 1 is 1.10 bits per heavy atom. The van der Waals surface area contributed by atoms with E-state index in [2.05, 4.69) is 5.32 Å². The average molecular weight is 307 g/mol. The van der Waals surface area contributed by atoms with Crippen LogP contribution in [0.15, 0.2) is 0 Å². The summed E-state index contributed by atoms with van der Waals surface area (Å²) in [4.78, 5) is 10.3. The highest BCUT2D eigenvalue weighted by Gasteiger charge is 2.08. The van der Waals surface area contributed by atoms with Gasteiger partial charge in [-0.2, -0.15) is 0 Å². The summed E-state index contributed by atoms with van der Waals surface area (Å²) in [6.45, 7) is 8.56. The van der Waals surface area contributed by atoms with Crippen molar-refractivity contribution in [1.29, 1.82) is 0 Å². The van der Waals surface area contributed by atoms with Crippen LogP contribution in [0.3, 0.4) is 0 Å². The maximum Gasteiger partial charge on any atom is 0.146 e. The Balaban J connectivity index is -0.000000234. The molecule has 0 radical (unpaired) electrons. The summed E-state index contributed by atoms with van der Waals surface area (Å²) >= 11 is 0. The molecule has 0 aliphatic rings. The molecule has 6 nitrogen and oxygen atoms in total. The number of carbonyl (C=O) groups is 1. The predicted octanol–water partition coefficient (Wildman–Crippen LogP) is 0.396. The van der Waals surface area contributed by atoms with E-state index in [4.69, 9.17) is 21.7 Å². The smallest absolute Gasteiger partial charge is 0.146 e. The lowest BCUT2D eigenvalue weighted by Crippen LogP contribution is -2.33. The average Bonchev–Trinajstić information content (AvgIpc) is 2.53. The summed E-state index contributed by atoms with van der Waals surface area (Å²) in [6, 6.07) is -0.0278. The minimum absolute atomic E-state index is 0.0278. The van der Waals surface area contributed by atoms with Crippen LogP contribution in [-0.4, -0.2) is 54.4 Å². The molecule has 0 saturated carbocycles. The van der Waals surface area contributed by atoms with E-state index in [-0.39, 0.29) is 24.0 Å². The molecule has 0 aromatic rings. The summed E-state index contributed by atoms with van der Waals surface area (Å²) in [6.07, 6.45) is 2.42. The van der Waals surface area contributed by atoms with Crippen LogP contribution >= 0.6 is 0 Å². The molecule has 3 atom stereocenters. The van der Waals surface area contributed by atoms with Crippen molar-refractivity contribution in [2.24, 2.45) is 11.5 Å². The van der Waals surface area contributed by atoms with Crippen molar-refractivity contribution in [3.8, 4) is 0 Å². The van der Waals surface area contributed by atoms with Gasteiger partial charge in [0.25, 0.3) is 0 Å². The number of aliphatic hydroxyl groups excluding tert-OH is 2. The Hall–Kier alpha value is -0.530. The highest BCUT2D eigenvalue weighted by molar-refractivity contribution is 5.79. The SMILES string of the molecule is CCC(=O)CNC.CCC(N)C(O)CC.CCC(O)CN. The molecule has 21 heavy (non-hydrogen) atoms. The molecule has 3 unspecified atom stereocenters. The van der Waals surface area contributed by atoms with Gasteiger partial charge >= 0.3 is 0 Å². The summed E-state index contributed by atoms with van der Waals surface area (Å²) < 4.78 is 0. The molecule has 0 aromatic heterocycles. The number of carbonyl (C=O) groups excluding carboxylic acids is 1. The number of hydrogen-bond acceptors (Lipinski definition) is 6. The van der Waals surface area contributed by atoms with E-state index in [1.807, 2.05) is 27.7 Å². The summed E-state index contributed by atoms with van der Waals surface area (Å²) in [5, 5.41) is 20.3. The van der Waals surface area contributed by atoms with E-state index < -0.39 is 0 Å². The third kappa shape index (κ3) is 21.9. The van der Waals surface area contributed by atoms with Gasteiger partial charge in [-0.05, 0) is 26.3 Å². The van der Waals surface area contributed by atoms with E-state index >= 15 is 0 Å². The Morgan fingerprint density at radius 2 is 1.62 bits per heavy atom. The van der Waals surface area contributed by atoms with Gasteiger partial charge in [-0.25, -0.2) is 0 Å². The zero-order chi connectivity index (χ0) is 17.3. The van der Waals surface area contributed by atoms with Crippen molar-refractivity contribution >= 4 is 5.78 Å². The van der Waals surface area contributed by atoms with E-state index in [1.54, 1.807) is 7.05 Å². The third-order valence-corrected chi connectivity index (χ3v) is 2.90. The van der Waals surface area contributed by atoms with Gasteiger partial charge in [0.05, 0.1) is 18.8 Å². The normalized spacial score (nSPS) is 14.0. The Kier molecular flexibility index (Phi) is 23.6. The zero-order valence-electron chi connectivity index (χ0n) is 14.4. The monoisotopic (exact) mass is 307 g/mol. The van der Waals surface area contributed by atoms with Crippen LogP contribution in [0, 0.1) is 0 Å². The van der Waals surface area contributed by atoms with Gasteiger partial charge in [-0.15, -0.1) is 0 Å². The van der Waals surface area contributed by atoms with E-state index in [1.165, 1.54) is 0 Å². The first-order valence-corrected chi connectivity index (χ1v) is 7.82. The largest absolute Gasteiger partial charge is 0.392 e. The third-order valence-electron chi connectivity index (χ3n) is 2.90. The first kappa shape index (κ1) is 25.4. The second-order valence-corrected chi connectivity index (χ2v) is 4.77. The number of rotatable bonds is 8. The van der Waals surface area contributed by atoms with Gasteiger partial charge in [-0.3, -0.25) is 4.79 Å². The maximum atomic E-state index is 10.3. The molecule has 0 rings (SSSR count). The predicted molar refractivity (Wildman–Crippen MR) is 89.1 cm³/mol. The van der Waals surface area contributed by atoms with Crippen LogP contribution in [0.2, 0.25) is 0 Å². The second kappa shape index (κ2) is 19.5. The summed E-state index contributed by atoms with van der Waals surface area (Å²) in [5.41, 5.74) is 10.5. The number of nitrogens with two attached hydrogens (primary N) is 2. The highest BCUT2D eigenvalue weighted by atomic mass is 16.3. The standard InChI is InChI=1S/C6H15NO.C5H11NO.C4H11NO/c1-3-5(7)6(8)4-2;1-3-5(7)4-6-2;1-2-4(6)3-5/h5-6,8H,3-4,7H2,1-2H3;6H,3-4H2,1-2H3;4,6H,2-3,5H2,1H3. The van der Waals surface area contributed by atoms with Crippen molar-refractivity contribution < 1.29 is 15.0 Å². The molecule has 0 bridgehead atoms. The Bertz CT molecular complexity index is 204. The van der Waals surface area contributed by atoms with Crippen LogP contribution in [0.5, 0.6) is 0 Å². The molecule has 6 heteroatoms. The van der Waals surface area contributed by atoms with Crippen molar-refractivity contribution in [3.63, 3.8) is 0 Å². The van der Waals surface area contributed by atoms with Crippen LogP contribution in [-0.2, 0) is 4.79 Å². The van der Waals surface area contributed by atoms with Gasteiger partial charge in [0.2, 0.25) is 0 Å². The van der Waals surface area contributed by atoms with Crippen molar-refractivity contribution in [2.45, 2.75) is 71.6 Å². The number of nitrogens with one attached hydrogen (secondary N) is 1. The van der Waals surface area contributed by atoms with Gasteiger partial charge in [0, 0.05) is 19.0 Å². The molecule has 0 spiro atoms. The minimum atomic E-state index is -0.306. The van der Waals surface area contributed by atoms with Crippen molar-refractivity contribution in [2.75, 3.05) is 20.1 Å². The number of ketones is 1. The van der Waals surface area contributed by atoms with Gasteiger partial charge in [0.15, 0.2) is 0 Å². The molecule has 0 amide bonds. The maximum absolute atomic E-state index is 10.3. The van der Waals surface area contributed by atoms with Crippen molar-refractivity contribution in [1.82, 2.24) is 5.32 Å². The fourth-order valence-corrected chi connectivity index (χ4v) is 1.06. The van der Waals surface area contributed by atoms with Gasteiger partial charge in [0.1, 0.15) is 5.78 Å². The highest BCUT2D eigenvalue weighted by Crippen LogP contribution is 1.97. The Morgan fingerprint density at radius 3 is 1.71 bits per heavy atom. The molecule has 0 aromatic carbocycles. The van der Waals surface area contributed by atoms with E-state index in [9.17, 15) is 4.79 Å². The second-order valence-electron chi connectivity index (χ2n) is 4.77. The first-order valence-electron chi connectivity index (χ1n) is 7.82. The molecule has 0 fully saturated rings. The summed E-state index contributed by atoms with van der Waals surface area (Å²) in [5.74, 6) is 0.266. The molecule has 0 heterocycles. The van der Waals surface area contributed by atoms with E-state index in [0.717, 1.165) is 19.3 Å². The lowest BCUT2D eigenvalue weighted by atomic mass is 10.1. The fraction of sp³-hybridized carbons (Fsp3) is 0.933. The van der Waals surface area contributed by atoms with Crippen LogP contribution in [0.1, 0.15) is 53.4 Å². The van der Waals surface area contributed by atoms with Gasteiger partial charge in [-0.1, -0.05) is 27.7 Å². The van der Waals surface area contributed by atoms with Crippen molar-refractivity contribution in [3.05, 3.63) is 0 Å². The lowest BCUT2D eigenvalue weighted by molar-refractivity contribution is -0.117. The molecular weight excluding hydrogens is 270 g/mol.